The van der Waals surface area contributed by atoms with Gasteiger partial charge in [-0.2, -0.15) is 0 Å². The Balaban J connectivity index is 0.00000196. The minimum Gasteiger partial charge on any atom is -1.00 e. The molecule has 1 aromatic carbocycles. The molecule has 2 heterocycles. The van der Waals surface area contributed by atoms with Crippen molar-refractivity contribution in [2.45, 2.75) is 13.1 Å². The van der Waals surface area contributed by atoms with Crippen LogP contribution < -0.4 is 33.9 Å². The smallest absolute Gasteiger partial charge is 0.336 e. The van der Waals surface area contributed by atoms with E-state index < -0.39 is 11.9 Å². The second kappa shape index (κ2) is 10.4. The molecule has 2 N–H and O–H groups in total. The van der Waals surface area contributed by atoms with E-state index in [1.54, 1.807) is 49.1 Å². The molecule has 0 aliphatic rings. The Bertz CT molecular complexity index is 849. The van der Waals surface area contributed by atoms with E-state index >= 15 is 0 Å². The van der Waals surface area contributed by atoms with Gasteiger partial charge in [0, 0.05) is 35.4 Å². The minimum absolute atomic E-state index is 0. The molecule has 0 aliphatic heterocycles. The van der Waals surface area contributed by atoms with Crippen LogP contribution in [0.3, 0.4) is 0 Å². The van der Waals surface area contributed by atoms with E-state index in [1.807, 2.05) is 33.4 Å². The highest BCUT2D eigenvalue weighted by atomic mass is 35.5. The van der Waals surface area contributed by atoms with Crippen molar-refractivity contribution in [1.82, 2.24) is 0 Å². The van der Waals surface area contributed by atoms with Crippen LogP contribution in [0.2, 0.25) is 0 Å². The zero-order valence-electron chi connectivity index (χ0n) is 14.7. The van der Waals surface area contributed by atoms with E-state index in [0.29, 0.717) is 13.1 Å². The third-order valence-electron chi connectivity index (χ3n) is 4.03. The van der Waals surface area contributed by atoms with Crippen molar-refractivity contribution in [2.24, 2.45) is 0 Å². The standard InChI is InChI=1S/C20H16N2O4.2ClH/c23-19(24)17-5-9-21(10-6-17)13-15-1-2-16(4-3-15)14-22-11-7-18(8-12-22)20(25)26;;/h1-12H,13-14H2;2*1H. The number of aromatic nitrogens is 2. The summed E-state index contributed by atoms with van der Waals surface area (Å²) in [5.41, 5.74) is 2.74. The van der Waals surface area contributed by atoms with Gasteiger partial charge in [-0.05, 0) is 0 Å². The molecular formula is C20H18Cl2N2O4. The van der Waals surface area contributed by atoms with Gasteiger partial charge in [-0.25, -0.2) is 18.7 Å². The van der Waals surface area contributed by atoms with Crippen LogP contribution in [0.25, 0.3) is 0 Å². The van der Waals surface area contributed by atoms with Crippen molar-refractivity contribution in [1.29, 1.82) is 0 Å². The summed E-state index contributed by atoms with van der Waals surface area (Å²) in [6, 6.07) is 14.4. The fourth-order valence-corrected chi connectivity index (χ4v) is 2.58. The summed E-state index contributed by atoms with van der Waals surface area (Å²) in [5.74, 6) is -1.87. The molecule has 2 aromatic heterocycles. The van der Waals surface area contributed by atoms with E-state index in [4.69, 9.17) is 10.2 Å². The number of carboxylic acids is 2. The number of aromatic carboxylic acids is 2. The predicted molar refractivity (Wildman–Crippen MR) is 91.8 cm³/mol. The summed E-state index contributed by atoms with van der Waals surface area (Å²) >= 11 is 0. The fraction of sp³-hybridized carbons (Fsp3) is 0.100. The zero-order chi connectivity index (χ0) is 18.5. The number of hydrogen-bond acceptors (Lipinski definition) is 2. The lowest BCUT2D eigenvalue weighted by Gasteiger charge is -2.01. The van der Waals surface area contributed by atoms with Crippen molar-refractivity contribution in [2.75, 3.05) is 0 Å². The lowest BCUT2D eigenvalue weighted by atomic mass is 10.1. The molecule has 3 aromatic rings. The van der Waals surface area contributed by atoms with Gasteiger partial charge >= 0.3 is 11.9 Å². The van der Waals surface area contributed by atoms with Crippen molar-refractivity contribution >= 4 is 11.9 Å². The normalized spacial score (nSPS) is 9.71. The number of rotatable bonds is 6. The number of hydrogen-bond donors (Lipinski definition) is 2. The van der Waals surface area contributed by atoms with Crippen molar-refractivity contribution in [3.05, 3.63) is 95.6 Å². The third kappa shape index (κ3) is 6.04. The monoisotopic (exact) mass is 420 g/mol. The lowest BCUT2D eigenvalue weighted by Crippen LogP contribution is -3.00. The van der Waals surface area contributed by atoms with Crippen LogP contribution in [-0.2, 0) is 13.1 Å². The molecule has 0 saturated carbocycles. The van der Waals surface area contributed by atoms with Gasteiger partial charge in [0.05, 0.1) is 11.1 Å². The van der Waals surface area contributed by atoms with Crippen LogP contribution in [0.1, 0.15) is 31.8 Å². The fourth-order valence-electron chi connectivity index (χ4n) is 2.58. The highest BCUT2D eigenvalue weighted by Crippen LogP contribution is 2.05. The quantitative estimate of drug-likeness (QED) is 0.396. The average Bonchev–Trinajstić information content (AvgIpc) is 2.64. The maximum atomic E-state index is 10.9. The molecular weight excluding hydrogens is 403 g/mol. The first-order valence-electron chi connectivity index (χ1n) is 8.04. The second-order valence-electron chi connectivity index (χ2n) is 5.95. The van der Waals surface area contributed by atoms with E-state index in [-0.39, 0.29) is 35.9 Å². The molecule has 28 heavy (non-hydrogen) atoms. The number of nitrogens with zero attached hydrogens (tertiary/aromatic N) is 2. The van der Waals surface area contributed by atoms with Crippen LogP contribution in [0.5, 0.6) is 0 Å². The highest BCUT2D eigenvalue weighted by Gasteiger charge is 2.09. The first-order valence-corrected chi connectivity index (χ1v) is 8.04. The van der Waals surface area contributed by atoms with Gasteiger partial charge in [0.2, 0.25) is 0 Å². The Morgan fingerprint density at radius 1 is 0.607 bits per heavy atom. The largest absolute Gasteiger partial charge is 1.00 e. The van der Waals surface area contributed by atoms with E-state index in [9.17, 15) is 9.59 Å². The second-order valence-corrected chi connectivity index (χ2v) is 5.95. The van der Waals surface area contributed by atoms with Crippen LogP contribution >= 0.6 is 0 Å². The molecule has 0 amide bonds. The van der Waals surface area contributed by atoms with Gasteiger partial charge in [-0.3, -0.25) is 0 Å². The molecule has 3 rings (SSSR count). The molecule has 0 unspecified atom stereocenters. The molecule has 146 valence electrons. The Morgan fingerprint density at radius 2 is 0.893 bits per heavy atom. The lowest BCUT2D eigenvalue weighted by molar-refractivity contribution is -0.689. The first-order chi connectivity index (χ1) is 12.5. The highest BCUT2D eigenvalue weighted by molar-refractivity contribution is 5.87. The summed E-state index contributed by atoms with van der Waals surface area (Å²) in [6.07, 6.45) is 6.99. The van der Waals surface area contributed by atoms with Gasteiger partial charge < -0.3 is 35.0 Å². The average molecular weight is 421 g/mol. The Morgan fingerprint density at radius 3 is 1.14 bits per heavy atom. The number of pyridine rings is 2. The topological polar surface area (TPSA) is 82.4 Å². The van der Waals surface area contributed by atoms with Gasteiger partial charge in [0.1, 0.15) is 0 Å². The van der Waals surface area contributed by atoms with Crippen LogP contribution in [0.4, 0.5) is 0 Å². The summed E-state index contributed by atoms with van der Waals surface area (Å²) in [7, 11) is 0. The maximum Gasteiger partial charge on any atom is 0.336 e. The molecule has 0 radical (unpaired) electrons. The summed E-state index contributed by atoms with van der Waals surface area (Å²) in [6.45, 7) is 1.31. The predicted octanol–water partition coefficient (Wildman–Crippen LogP) is -4.24. The van der Waals surface area contributed by atoms with Crippen molar-refractivity contribution in [3.8, 4) is 0 Å². The van der Waals surface area contributed by atoms with Gasteiger partial charge in [-0.1, -0.05) is 24.3 Å². The Labute approximate surface area is 174 Å². The van der Waals surface area contributed by atoms with Gasteiger partial charge in [0.25, 0.3) is 0 Å². The van der Waals surface area contributed by atoms with E-state index in [0.717, 1.165) is 11.1 Å². The van der Waals surface area contributed by atoms with Gasteiger partial charge in [-0.15, -0.1) is 0 Å². The number of carboxylic acid groups (broad SMARTS) is 2. The third-order valence-corrected chi connectivity index (χ3v) is 4.03. The van der Waals surface area contributed by atoms with Crippen LogP contribution in [-0.4, -0.2) is 22.2 Å². The number of halogens is 2. The molecule has 6 nitrogen and oxygen atoms in total. The Hall–Kier alpha value is -2.96. The van der Waals surface area contributed by atoms with Crippen LogP contribution in [0.15, 0.2) is 73.3 Å². The van der Waals surface area contributed by atoms with E-state index in [2.05, 4.69) is 0 Å². The maximum absolute atomic E-state index is 10.9. The first kappa shape index (κ1) is 23.1. The summed E-state index contributed by atoms with van der Waals surface area (Å²) < 4.78 is 3.83. The molecule has 8 heteroatoms. The summed E-state index contributed by atoms with van der Waals surface area (Å²) in [5, 5.41) is 17.8. The molecule has 0 aliphatic carbocycles. The molecule has 0 saturated heterocycles. The summed E-state index contributed by atoms with van der Waals surface area (Å²) in [4.78, 5) is 21.7. The van der Waals surface area contributed by atoms with Gasteiger partial charge in [0.15, 0.2) is 37.9 Å². The molecule has 0 atom stereocenters. The van der Waals surface area contributed by atoms with Crippen molar-refractivity contribution < 1.29 is 53.8 Å². The van der Waals surface area contributed by atoms with Crippen molar-refractivity contribution in [3.63, 3.8) is 0 Å². The molecule has 0 fully saturated rings. The van der Waals surface area contributed by atoms with E-state index in [1.165, 1.54) is 0 Å². The number of benzene rings is 1. The number of carbonyl (C=O) groups is 2. The molecule has 0 bridgehead atoms. The van der Waals surface area contributed by atoms with Crippen LogP contribution in [0, 0.1) is 0 Å². The molecule has 0 spiro atoms. The SMILES string of the molecule is O=C(O)c1cc[n+](Cc2ccc(C[n+]3ccc(C(=O)O)cc3)cc2)cc1.[Cl-].[Cl-]. The Kier molecular flexibility index (Phi) is 8.57. The zero-order valence-corrected chi connectivity index (χ0v) is 16.2. The minimum atomic E-state index is -0.935.